The van der Waals surface area contributed by atoms with Crippen molar-refractivity contribution in [2.45, 2.75) is 25.0 Å². The Bertz CT molecular complexity index is 836. The third-order valence-corrected chi connectivity index (χ3v) is 5.53. The second-order valence-electron chi connectivity index (χ2n) is 7.57. The van der Waals surface area contributed by atoms with Crippen LogP contribution in [-0.2, 0) is 18.4 Å². The van der Waals surface area contributed by atoms with Gasteiger partial charge in [0.1, 0.15) is 18.5 Å². The molecule has 8 nitrogen and oxygen atoms in total. The highest BCUT2D eigenvalue weighted by molar-refractivity contribution is 5.82. The van der Waals surface area contributed by atoms with E-state index in [-0.39, 0.29) is 29.6 Å². The first kappa shape index (κ1) is 19.8. The molecule has 2 unspecified atom stereocenters. The minimum absolute atomic E-state index is 0.0479. The van der Waals surface area contributed by atoms with Gasteiger partial charge in [0.15, 0.2) is 11.6 Å². The van der Waals surface area contributed by atoms with Crippen LogP contribution < -0.4 is 15.6 Å². The van der Waals surface area contributed by atoms with E-state index in [2.05, 4.69) is 20.7 Å². The summed E-state index contributed by atoms with van der Waals surface area (Å²) in [6.07, 6.45) is 4.36. The normalized spacial score (nSPS) is 22.8. The molecule has 0 saturated carbocycles. The van der Waals surface area contributed by atoms with E-state index in [1.54, 1.807) is 24.4 Å². The Hall–Kier alpha value is -2.49. The number of benzene rings is 1. The molecule has 2 saturated heterocycles. The summed E-state index contributed by atoms with van der Waals surface area (Å²) in [5.41, 5.74) is 6.16. The highest BCUT2D eigenvalue weighted by Gasteiger charge is 2.34. The third kappa shape index (κ3) is 4.75. The molecular weight excluding hydrogens is 375 g/mol. The van der Waals surface area contributed by atoms with Gasteiger partial charge in [0.25, 0.3) is 0 Å². The monoisotopic (exact) mass is 402 g/mol. The van der Waals surface area contributed by atoms with Gasteiger partial charge in [0.2, 0.25) is 5.91 Å². The first-order valence-electron chi connectivity index (χ1n) is 9.96. The fraction of sp³-hybridized carbons (Fsp3) is 0.500. The van der Waals surface area contributed by atoms with E-state index >= 15 is 0 Å². The largest absolute Gasteiger partial charge is 0.489 e. The van der Waals surface area contributed by atoms with Gasteiger partial charge in [-0.2, -0.15) is 0 Å². The van der Waals surface area contributed by atoms with E-state index < -0.39 is 0 Å². The van der Waals surface area contributed by atoms with Crippen molar-refractivity contribution in [3.05, 3.63) is 48.3 Å². The SMILES string of the molecule is Cn1ccnc1CN1CCN(C(=O)C2CC(COc3ccccc3F)NN2)CC1. The molecule has 156 valence electrons. The van der Waals surface area contributed by atoms with Crippen molar-refractivity contribution in [1.82, 2.24) is 30.2 Å². The van der Waals surface area contributed by atoms with E-state index in [1.807, 2.05) is 22.7 Å². The number of aryl methyl sites for hydroxylation is 1. The van der Waals surface area contributed by atoms with Crippen molar-refractivity contribution in [2.24, 2.45) is 7.05 Å². The lowest BCUT2D eigenvalue weighted by Crippen LogP contribution is -2.53. The number of nitrogens with zero attached hydrogens (tertiary/aromatic N) is 4. The molecule has 1 aromatic carbocycles. The van der Waals surface area contributed by atoms with Gasteiger partial charge in [0, 0.05) is 45.6 Å². The van der Waals surface area contributed by atoms with E-state index in [4.69, 9.17) is 4.74 Å². The second kappa shape index (κ2) is 8.89. The van der Waals surface area contributed by atoms with Gasteiger partial charge in [-0.05, 0) is 18.6 Å². The molecular formula is C20H27FN6O2. The molecule has 2 aliphatic heterocycles. The summed E-state index contributed by atoms with van der Waals surface area (Å²) >= 11 is 0. The van der Waals surface area contributed by atoms with Gasteiger partial charge in [-0.3, -0.25) is 15.1 Å². The summed E-state index contributed by atoms with van der Waals surface area (Å²) in [7, 11) is 1.99. The van der Waals surface area contributed by atoms with Crippen LogP contribution in [0.25, 0.3) is 0 Å². The Labute approximate surface area is 169 Å². The number of aromatic nitrogens is 2. The number of nitrogens with one attached hydrogen (secondary N) is 2. The Kier molecular flexibility index (Phi) is 6.08. The van der Waals surface area contributed by atoms with Crippen molar-refractivity contribution in [1.29, 1.82) is 0 Å². The van der Waals surface area contributed by atoms with Crippen molar-refractivity contribution >= 4 is 5.91 Å². The van der Waals surface area contributed by atoms with E-state index in [0.717, 1.165) is 25.5 Å². The van der Waals surface area contributed by atoms with Gasteiger partial charge in [0.05, 0.1) is 12.6 Å². The molecule has 2 aliphatic rings. The zero-order chi connectivity index (χ0) is 20.2. The van der Waals surface area contributed by atoms with Gasteiger partial charge in [-0.1, -0.05) is 12.1 Å². The highest BCUT2D eigenvalue weighted by Crippen LogP contribution is 2.17. The lowest BCUT2D eigenvalue weighted by atomic mass is 10.1. The van der Waals surface area contributed by atoms with E-state index in [0.29, 0.717) is 26.1 Å². The summed E-state index contributed by atoms with van der Waals surface area (Å²) in [5.74, 6) is 0.981. The number of piperazine rings is 1. The van der Waals surface area contributed by atoms with Crippen molar-refractivity contribution < 1.29 is 13.9 Å². The number of carbonyl (C=O) groups is 1. The van der Waals surface area contributed by atoms with Gasteiger partial charge in [-0.25, -0.2) is 14.8 Å². The number of imidazole rings is 1. The minimum Gasteiger partial charge on any atom is -0.489 e. The van der Waals surface area contributed by atoms with Gasteiger partial charge in [-0.15, -0.1) is 0 Å². The van der Waals surface area contributed by atoms with Gasteiger partial charge >= 0.3 is 0 Å². The van der Waals surface area contributed by atoms with Gasteiger partial charge < -0.3 is 14.2 Å². The number of hydrogen-bond donors (Lipinski definition) is 2. The molecule has 0 spiro atoms. The number of para-hydroxylation sites is 1. The minimum atomic E-state index is -0.380. The molecule has 0 aliphatic carbocycles. The second-order valence-corrected chi connectivity index (χ2v) is 7.57. The fourth-order valence-electron chi connectivity index (χ4n) is 3.74. The van der Waals surface area contributed by atoms with Crippen LogP contribution in [0.4, 0.5) is 4.39 Å². The summed E-state index contributed by atoms with van der Waals surface area (Å²) in [5, 5.41) is 0. The Balaban J connectivity index is 1.21. The standard InChI is InChI=1S/C20H27FN6O2/c1-25-7-6-22-19(25)13-26-8-10-27(11-9-26)20(28)17-12-15(23-24-17)14-29-18-5-3-2-4-16(18)21/h2-7,15,17,23-24H,8-14H2,1H3. The predicted molar refractivity (Wildman–Crippen MR) is 105 cm³/mol. The zero-order valence-corrected chi connectivity index (χ0v) is 16.6. The maximum absolute atomic E-state index is 13.7. The number of halogens is 1. The van der Waals surface area contributed by atoms with Crippen LogP contribution in [0, 0.1) is 5.82 Å². The first-order valence-corrected chi connectivity index (χ1v) is 9.96. The average Bonchev–Trinajstić information content (AvgIpc) is 3.37. The predicted octanol–water partition coefficient (Wildman–Crippen LogP) is 0.518. The molecule has 4 rings (SSSR count). The molecule has 0 bridgehead atoms. The lowest BCUT2D eigenvalue weighted by Gasteiger charge is -2.35. The number of hydrazine groups is 1. The summed E-state index contributed by atoms with van der Waals surface area (Å²) < 4.78 is 21.2. The molecule has 3 heterocycles. The molecule has 0 radical (unpaired) electrons. The lowest BCUT2D eigenvalue weighted by molar-refractivity contribution is -0.135. The zero-order valence-electron chi connectivity index (χ0n) is 16.6. The summed E-state index contributed by atoms with van der Waals surface area (Å²) in [6.45, 7) is 4.17. The van der Waals surface area contributed by atoms with Crippen LogP contribution in [0.15, 0.2) is 36.7 Å². The summed E-state index contributed by atoms with van der Waals surface area (Å²) in [4.78, 5) is 21.4. The Morgan fingerprint density at radius 1 is 1.24 bits per heavy atom. The van der Waals surface area contributed by atoms with Crippen LogP contribution in [0.3, 0.4) is 0 Å². The van der Waals surface area contributed by atoms with E-state index in [1.165, 1.54) is 6.07 Å². The fourth-order valence-corrected chi connectivity index (χ4v) is 3.74. The maximum atomic E-state index is 13.7. The number of ether oxygens (including phenoxy) is 1. The molecule has 2 fully saturated rings. The van der Waals surface area contributed by atoms with Crippen LogP contribution in [0.5, 0.6) is 5.75 Å². The molecule has 1 amide bonds. The number of rotatable bonds is 6. The van der Waals surface area contributed by atoms with Crippen LogP contribution >= 0.6 is 0 Å². The van der Waals surface area contributed by atoms with Crippen LogP contribution in [0.1, 0.15) is 12.2 Å². The smallest absolute Gasteiger partial charge is 0.241 e. The first-order chi connectivity index (χ1) is 14.1. The summed E-state index contributed by atoms with van der Waals surface area (Å²) in [6, 6.07) is 6.00. The van der Waals surface area contributed by atoms with Crippen molar-refractivity contribution in [2.75, 3.05) is 32.8 Å². The molecule has 1 aromatic heterocycles. The quantitative estimate of drug-likeness (QED) is 0.734. The Morgan fingerprint density at radius 2 is 2.03 bits per heavy atom. The van der Waals surface area contributed by atoms with Crippen molar-refractivity contribution in [3.8, 4) is 5.75 Å². The number of hydrogen-bond acceptors (Lipinski definition) is 6. The highest BCUT2D eigenvalue weighted by atomic mass is 19.1. The topological polar surface area (TPSA) is 74.7 Å². The number of carbonyl (C=O) groups excluding carboxylic acids is 1. The Morgan fingerprint density at radius 3 is 2.76 bits per heavy atom. The molecule has 9 heteroatoms. The molecule has 2 aromatic rings. The number of amides is 1. The van der Waals surface area contributed by atoms with Crippen LogP contribution in [-0.4, -0.2) is 70.1 Å². The molecule has 2 N–H and O–H groups in total. The third-order valence-electron chi connectivity index (χ3n) is 5.53. The molecule has 29 heavy (non-hydrogen) atoms. The average molecular weight is 402 g/mol. The van der Waals surface area contributed by atoms with E-state index in [9.17, 15) is 9.18 Å². The molecule has 2 atom stereocenters. The van der Waals surface area contributed by atoms with Crippen LogP contribution in [0.2, 0.25) is 0 Å². The maximum Gasteiger partial charge on any atom is 0.241 e. The van der Waals surface area contributed by atoms with Crippen molar-refractivity contribution in [3.63, 3.8) is 0 Å².